The summed E-state index contributed by atoms with van der Waals surface area (Å²) in [6, 6.07) is 0.549. The molecule has 3 rings (SSSR count). The minimum absolute atomic E-state index is 0.286. The molecule has 5 atom stereocenters. The van der Waals surface area contributed by atoms with E-state index in [1.165, 1.54) is 19.3 Å². The molecule has 19 heavy (non-hydrogen) atoms. The molecule has 108 valence electrons. The molecular formula is C16H28N2O. The van der Waals surface area contributed by atoms with Crippen molar-refractivity contribution in [3.8, 4) is 0 Å². The van der Waals surface area contributed by atoms with E-state index in [1.807, 2.05) is 0 Å². The molecule has 3 aliphatic carbocycles. The van der Waals surface area contributed by atoms with Gasteiger partial charge in [-0.05, 0) is 68.2 Å². The Labute approximate surface area is 116 Å². The van der Waals surface area contributed by atoms with Gasteiger partial charge in [0.15, 0.2) is 0 Å². The van der Waals surface area contributed by atoms with Crippen LogP contribution < -0.4 is 11.1 Å². The van der Waals surface area contributed by atoms with Crippen molar-refractivity contribution in [3.05, 3.63) is 0 Å². The zero-order valence-electron chi connectivity index (χ0n) is 12.1. The molecule has 3 aliphatic rings. The molecule has 0 saturated heterocycles. The third-order valence-corrected chi connectivity index (χ3v) is 5.99. The summed E-state index contributed by atoms with van der Waals surface area (Å²) in [5.41, 5.74) is 5.60. The van der Waals surface area contributed by atoms with E-state index in [0.717, 1.165) is 49.5 Å². The average molecular weight is 264 g/mol. The molecule has 5 unspecified atom stereocenters. The molecule has 0 aromatic heterocycles. The van der Waals surface area contributed by atoms with Gasteiger partial charge < -0.3 is 11.1 Å². The van der Waals surface area contributed by atoms with Crippen molar-refractivity contribution in [2.75, 3.05) is 6.54 Å². The number of amides is 1. The highest BCUT2D eigenvalue weighted by Gasteiger charge is 2.65. The van der Waals surface area contributed by atoms with E-state index in [2.05, 4.69) is 12.2 Å². The van der Waals surface area contributed by atoms with Crippen LogP contribution in [0.3, 0.4) is 0 Å². The first-order valence-electron chi connectivity index (χ1n) is 8.24. The highest BCUT2D eigenvalue weighted by molar-refractivity contribution is 5.76. The quantitative estimate of drug-likeness (QED) is 0.741. The fourth-order valence-electron chi connectivity index (χ4n) is 4.90. The van der Waals surface area contributed by atoms with Crippen LogP contribution in [-0.4, -0.2) is 18.5 Å². The Bertz CT molecular complexity index is 328. The normalized spacial score (nSPS) is 40.0. The lowest BCUT2D eigenvalue weighted by Gasteiger charge is -2.14. The largest absolute Gasteiger partial charge is 0.353 e. The molecule has 0 heterocycles. The van der Waals surface area contributed by atoms with Crippen molar-refractivity contribution in [1.82, 2.24) is 5.32 Å². The maximum absolute atomic E-state index is 12.0. The summed E-state index contributed by atoms with van der Waals surface area (Å²) in [6.07, 6.45) is 8.21. The predicted molar refractivity (Wildman–Crippen MR) is 76.4 cm³/mol. The molecule has 1 amide bonds. The molecule has 3 saturated carbocycles. The first-order valence-corrected chi connectivity index (χ1v) is 8.24. The van der Waals surface area contributed by atoms with Crippen LogP contribution in [0.15, 0.2) is 0 Å². The van der Waals surface area contributed by atoms with E-state index in [-0.39, 0.29) is 5.91 Å². The SMILES string of the molecule is CCC(CCN)CCC(=O)NC1C2C3CCC(C3)C12. The molecule has 0 aliphatic heterocycles. The number of rotatable bonds is 7. The second kappa shape index (κ2) is 5.43. The van der Waals surface area contributed by atoms with Gasteiger partial charge in [0.2, 0.25) is 5.91 Å². The van der Waals surface area contributed by atoms with Crippen LogP contribution in [0.2, 0.25) is 0 Å². The summed E-state index contributed by atoms with van der Waals surface area (Å²) in [5, 5.41) is 3.31. The van der Waals surface area contributed by atoms with Crippen LogP contribution in [0.25, 0.3) is 0 Å². The summed E-state index contributed by atoms with van der Waals surface area (Å²) in [6.45, 7) is 2.94. The van der Waals surface area contributed by atoms with Gasteiger partial charge in [-0.3, -0.25) is 4.79 Å². The van der Waals surface area contributed by atoms with Crippen molar-refractivity contribution in [1.29, 1.82) is 0 Å². The van der Waals surface area contributed by atoms with Crippen LogP contribution in [0.1, 0.15) is 51.9 Å². The summed E-state index contributed by atoms with van der Waals surface area (Å²) in [5.74, 6) is 4.52. The summed E-state index contributed by atoms with van der Waals surface area (Å²) < 4.78 is 0. The van der Waals surface area contributed by atoms with Crippen LogP contribution in [-0.2, 0) is 4.79 Å². The molecule has 0 radical (unpaired) electrons. The number of nitrogens with one attached hydrogen (secondary N) is 1. The molecule has 0 aromatic rings. The Hall–Kier alpha value is -0.570. The predicted octanol–water partition coefficient (Wildman–Crippen LogP) is 2.30. The minimum atomic E-state index is 0.286. The van der Waals surface area contributed by atoms with E-state index < -0.39 is 0 Å². The van der Waals surface area contributed by atoms with E-state index in [1.54, 1.807) is 0 Å². The smallest absolute Gasteiger partial charge is 0.220 e. The monoisotopic (exact) mass is 264 g/mol. The summed E-state index contributed by atoms with van der Waals surface area (Å²) in [7, 11) is 0. The number of carbonyl (C=O) groups is 1. The van der Waals surface area contributed by atoms with Crippen LogP contribution in [0.5, 0.6) is 0 Å². The molecule has 3 nitrogen and oxygen atoms in total. The van der Waals surface area contributed by atoms with Gasteiger partial charge in [0.25, 0.3) is 0 Å². The maximum atomic E-state index is 12.0. The van der Waals surface area contributed by atoms with Gasteiger partial charge in [0, 0.05) is 12.5 Å². The lowest BCUT2D eigenvalue weighted by Crippen LogP contribution is -2.30. The van der Waals surface area contributed by atoms with Crippen molar-refractivity contribution in [2.45, 2.75) is 57.9 Å². The Morgan fingerprint density at radius 1 is 1.26 bits per heavy atom. The lowest BCUT2D eigenvalue weighted by atomic mass is 9.96. The van der Waals surface area contributed by atoms with Gasteiger partial charge in [-0.15, -0.1) is 0 Å². The standard InChI is InChI=1S/C16H28N2O/c1-2-10(7-8-17)3-6-13(19)18-16-14-11-4-5-12(9-11)15(14)16/h10-12,14-16H,2-9,17H2,1H3,(H,18,19). The molecule has 3 heteroatoms. The summed E-state index contributed by atoms with van der Waals surface area (Å²) >= 11 is 0. The third-order valence-electron chi connectivity index (χ3n) is 5.99. The van der Waals surface area contributed by atoms with Crippen LogP contribution in [0.4, 0.5) is 0 Å². The van der Waals surface area contributed by atoms with Crippen LogP contribution in [0, 0.1) is 29.6 Å². The van der Waals surface area contributed by atoms with Crippen molar-refractivity contribution in [3.63, 3.8) is 0 Å². The fourth-order valence-corrected chi connectivity index (χ4v) is 4.90. The van der Waals surface area contributed by atoms with Crippen LogP contribution >= 0.6 is 0 Å². The minimum Gasteiger partial charge on any atom is -0.353 e. The Morgan fingerprint density at radius 3 is 2.53 bits per heavy atom. The first-order chi connectivity index (χ1) is 9.24. The maximum Gasteiger partial charge on any atom is 0.220 e. The van der Waals surface area contributed by atoms with E-state index in [9.17, 15) is 4.79 Å². The molecular weight excluding hydrogens is 236 g/mol. The van der Waals surface area contributed by atoms with Gasteiger partial charge in [0.05, 0.1) is 0 Å². The topological polar surface area (TPSA) is 55.1 Å². The van der Waals surface area contributed by atoms with Gasteiger partial charge in [-0.1, -0.05) is 13.3 Å². The lowest BCUT2D eigenvalue weighted by molar-refractivity contribution is -0.121. The Kier molecular flexibility index (Phi) is 3.84. The second-order valence-electron chi connectivity index (χ2n) is 6.97. The number of hydrogen-bond donors (Lipinski definition) is 2. The fraction of sp³-hybridized carbons (Fsp3) is 0.938. The molecule has 2 bridgehead atoms. The zero-order valence-corrected chi connectivity index (χ0v) is 12.1. The number of nitrogens with two attached hydrogens (primary N) is 1. The number of hydrogen-bond acceptors (Lipinski definition) is 2. The van der Waals surface area contributed by atoms with Crippen molar-refractivity contribution in [2.24, 2.45) is 35.3 Å². The molecule has 3 N–H and O–H groups in total. The first kappa shape index (κ1) is 13.4. The molecule has 3 fully saturated rings. The van der Waals surface area contributed by atoms with Gasteiger partial charge in [-0.25, -0.2) is 0 Å². The van der Waals surface area contributed by atoms with E-state index >= 15 is 0 Å². The highest BCUT2D eigenvalue weighted by atomic mass is 16.1. The van der Waals surface area contributed by atoms with Crippen molar-refractivity contribution >= 4 is 5.91 Å². The van der Waals surface area contributed by atoms with E-state index in [4.69, 9.17) is 5.73 Å². The third kappa shape index (κ3) is 2.54. The number of carbonyl (C=O) groups excluding carboxylic acids is 1. The average Bonchev–Trinajstić information content (AvgIpc) is 2.82. The highest BCUT2D eigenvalue weighted by Crippen LogP contribution is 2.65. The summed E-state index contributed by atoms with van der Waals surface area (Å²) in [4.78, 5) is 12.0. The van der Waals surface area contributed by atoms with Gasteiger partial charge in [0.1, 0.15) is 0 Å². The van der Waals surface area contributed by atoms with E-state index in [0.29, 0.717) is 18.4 Å². The van der Waals surface area contributed by atoms with Crippen molar-refractivity contribution < 1.29 is 4.79 Å². The Balaban J connectivity index is 1.39. The van der Waals surface area contributed by atoms with Gasteiger partial charge >= 0.3 is 0 Å². The zero-order chi connectivity index (χ0) is 13.4. The number of fused-ring (bicyclic) bond motifs is 5. The van der Waals surface area contributed by atoms with Gasteiger partial charge in [-0.2, -0.15) is 0 Å². The molecule has 0 aromatic carbocycles. The Morgan fingerprint density at radius 2 is 1.95 bits per heavy atom. The molecule has 0 spiro atoms. The second-order valence-corrected chi connectivity index (χ2v) is 6.97.